The average Bonchev–Trinajstić information content (AvgIpc) is 2.73. The summed E-state index contributed by atoms with van der Waals surface area (Å²) >= 11 is 11.9. The summed E-state index contributed by atoms with van der Waals surface area (Å²) in [6.45, 7) is 0.405. The van der Waals surface area contributed by atoms with Gasteiger partial charge in [0.2, 0.25) is 0 Å². The molecule has 0 saturated heterocycles. The number of hydrogen-bond donors (Lipinski definition) is 1. The third kappa shape index (κ3) is 3.49. The Morgan fingerprint density at radius 1 is 1.38 bits per heavy atom. The van der Waals surface area contributed by atoms with Crippen molar-refractivity contribution >= 4 is 34.9 Å². The first-order valence-corrected chi connectivity index (χ1v) is 7.07. The second-order valence-corrected chi connectivity index (χ2v) is 5.59. The van der Waals surface area contributed by atoms with Gasteiger partial charge in [-0.05, 0) is 23.8 Å². The quantitative estimate of drug-likeness (QED) is 0.939. The first kappa shape index (κ1) is 15.7. The van der Waals surface area contributed by atoms with Crippen molar-refractivity contribution in [2.75, 3.05) is 19.0 Å². The summed E-state index contributed by atoms with van der Waals surface area (Å²) in [4.78, 5) is 18.3. The fourth-order valence-electron chi connectivity index (χ4n) is 1.85. The molecule has 0 fully saturated rings. The molecule has 112 valence electrons. The molecule has 0 aliphatic rings. The molecule has 0 spiro atoms. The van der Waals surface area contributed by atoms with Crippen LogP contribution < -0.4 is 10.2 Å². The zero-order valence-electron chi connectivity index (χ0n) is 12.0. The number of nitrogens with one attached hydrogen (secondary N) is 1. The summed E-state index contributed by atoms with van der Waals surface area (Å²) in [6, 6.07) is 5.33. The van der Waals surface area contributed by atoms with Crippen molar-refractivity contribution in [1.29, 1.82) is 0 Å². The number of carbonyl (C=O) groups excluding carboxylic acids is 1. The Balaban J connectivity index is 2.07. The van der Waals surface area contributed by atoms with Gasteiger partial charge in [-0.2, -0.15) is 0 Å². The molecule has 2 rings (SSSR count). The smallest absolute Gasteiger partial charge is 0.268 e. The molecule has 0 aromatic carbocycles. The molecule has 2 aromatic rings. The van der Waals surface area contributed by atoms with Crippen molar-refractivity contribution in [1.82, 2.24) is 14.9 Å². The van der Waals surface area contributed by atoms with Gasteiger partial charge in [0.1, 0.15) is 16.7 Å². The van der Waals surface area contributed by atoms with Gasteiger partial charge < -0.3 is 14.8 Å². The Hall–Kier alpha value is -1.72. The highest BCUT2D eigenvalue weighted by molar-refractivity contribution is 6.41. The summed E-state index contributed by atoms with van der Waals surface area (Å²) in [7, 11) is 5.52. The topological polar surface area (TPSA) is 50.2 Å². The third-order valence-corrected chi connectivity index (χ3v) is 3.91. The van der Waals surface area contributed by atoms with E-state index in [1.165, 1.54) is 0 Å². The van der Waals surface area contributed by atoms with Crippen LogP contribution in [0.1, 0.15) is 16.1 Å². The lowest BCUT2D eigenvalue weighted by molar-refractivity contribution is 0.0943. The number of anilines is 1. The SMILES string of the molecule is CN(C)c1cc(CNC(=O)c2cc(Cl)c(Cl)n2C)ccn1. The third-order valence-electron chi connectivity index (χ3n) is 3.07. The first-order chi connectivity index (χ1) is 9.90. The van der Waals surface area contributed by atoms with Gasteiger partial charge in [0.15, 0.2) is 0 Å². The van der Waals surface area contributed by atoms with E-state index in [-0.39, 0.29) is 5.91 Å². The molecule has 7 heteroatoms. The molecule has 2 aromatic heterocycles. The van der Waals surface area contributed by atoms with E-state index in [2.05, 4.69) is 10.3 Å². The van der Waals surface area contributed by atoms with Crippen LogP contribution in [0.15, 0.2) is 24.4 Å². The highest BCUT2D eigenvalue weighted by atomic mass is 35.5. The molecule has 1 N–H and O–H groups in total. The Labute approximate surface area is 133 Å². The van der Waals surface area contributed by atoms with Crippen LogP contribution in [0.25, 0.3) is 0 Å². The number of amides is 1. The standard InChI is InChI=1S/C14H16Cl2N4O/c1-19(2)12-6-9(4-5-17-12)8-18-14(21)11-7-10(15)13(16)20(11)3/h4-7H,8H2,1-3H3,(H,18,21). The average molecular weight is 327 g/mol. The van der Waals surface area contributed by atoms with Crippen molar-refractivity contribution in [3.8, 4) is 0 Å². The molecular formula is C14H16Cl2N4O. The number of rotatable bonds is 4. The lowest BCUT2D eigenvalue weighted by atomic mass is 10.2. The maximum absolute atomic E-state index is 12.1. The minimum Gasteiger partial charge on any atom is -0.363 e. The van der Waals surface area contributed by atoms with E-state index in [0.29, 0.717) is 22.4 Å². The number of hydrogen-bond acceptors (Lipinski definition) is 3. The predicted octanol–water partition coefficient (Wildman–Crippen LogP) is 2.72. The highest BCUT2D eigenvalue weighted by Gasteiger charge is 2.15. The lowest BCUT2D eigenvalue weighted by Crippen LogP contribution is -2.25. The van der Waals surface area contributed by atoms with Gasteiger partial charge in [-0.1, -0.05) is 23.2 Å². The van der Waals surface area contributed by atoms with Crippen LogP contribution in [0.3, 0.4) is 0 Å². The first-order valence-electron chi connectivity index (χ1n) is 6.31. The Bertz CT molecular complexity index is 667. The van der Waals surface area contributed by atoms with Gasteiger partial charge in [-0.3, -0.25) is 4.79 Å². The van der Waals surface area contributed by atoms with Gasteiger partial charge in [0.05, 0.1) is 5.02 Å². The molecule has 21 heavy (non-hydrogen) atoms. The molecule has 0 radical (unpaired) electrons. The largest absolute Gasteiger partial charge is 0.363 e. The van der Waals surface area contributed by atoms with E-state index in [9.17, 15) is 4.79 Å². The second kappa shape index (κ2) is 6.37. The lowest BCUT2D eigenvalue weighted by Gasteiger charge is -2.12. The van der Waals surface area contributed by atoms with Crippen LogP contribution in [0.5, 0.6) is 0 Å². The highest BCUT2D eigenvalue weighted by Crippen LogP contribution is 2.25. The molecule has 0 aliphatic heterocycles. The van der Waals surface area contributed by atoms with Crippen molar-refractivity contribution in [2.24, 2.45) is 7.05 Å². The van der Waals surface area contributed by atoms with E-state index in [1.807, 2.05) is 31.1 Å². The van der Waals surface area contributed by atoms with E-state index in [4.69, 9.17) is 23.2 Å². The molecule has 2 heterocycles. The van der Waals surface area contributed by atoms with Gasteiger partial charge in [-0.25, -0.2) is 4.98 Å². The van der Waals surface area contributed by atoms with Crippen LogP contribution in [0.4, 0.5) is 5.82 Å². The Morgan fingerprint density at radius 3 is 2.67 bits per heavy atom. The van der Waals surface area contributed by atoms with E-state index in [0.717, 1.165) is 11.4 Å². The number of pyridine rings is 1. The molecule has 0 unspecified atom stereocenters. The van der Waals surface area contributed by atoms with Gasteiger partial charge >= 0.3 is 0 Å². The van der Waals surface area contributed by atoms with E-state index in [1.54, 1.807) is 23.9 Å². The maximum atomic E-state index is 12.1. The summed E-state index contributed by atoms with van der Waals surface area (Å²) in [5, 5.41) is 3.55. The summed E-state index contributed by atoms with van der Waals surface area (Å²) in [5.41, 5.74) is 1.39. The fourth-order valence-corrected chi connectivity index (χ4v) is 2.22. The van der Waals surface area contributed by atoms with E-state index >= 15 is 0 Å². The van der Waals surface area contributed by atoms with E-state index < -0.39 is 0 Å². The number of nitrogens with zero attached hydrogens (tertiary/aromatic N) is 3. The number of carbonyl (C=O) groups is 1. The Morgan fingerprint density at radius 2 is 2.10 bits per heavy atom. The molecule has 0 bridgehead atoms. The fraction of sp³-hybridized carbons (Fsp3) is 0.286. The Kier molecular flexibility index (Phi) is 4.75. The number of aromatic nitrogens is 2. The maximum Gasteiger partial charge on any atom is 0.268 e. The monoisotopic (exact) mass is 326 g/mol. The second-order valence-electron chi connectivity index (χ2n) is 4.83. The molecule has 0 saturated carbocycles. The normalized spacial score (nSPS) is 10.5. The summed E-state index contributed by atoms with van der Waals surface area (Å²) < 4.78 is 1.55. The van der Waals surface area contributed by atoms with Crippen LogP contribution in [-0.2, 0) is 13.6 Å². The molecule has 0 atom stereocenters. The predicted molar refractivity (Wildman–Crippen MR) is 85.2 cm³/mol. The van der Waals surface area contributed by atoms with Crippen molar-refractivity contribution in [3.63, 3.8) is 0 Å². The molecular weight excluding hydrogens is 311 g/mol. The molecule has 0 aliphatic carbocycles. The van der Waals surface area contributed by atoms with Gasteiger partial charge in [0, 0.05) is 33.9 Å². The zero-order valence-corrected chi connectivity index (χ0v) is 13.5. The van der Waals surface area contributed by atoms with Crippen molar-refractivity contribution in [3.05, 3.63) is 45.8 Å². The van der Waals surface area contributed by atoms with Crippen LogP contribution in [0.2, 0.25) is 10.2 Å². The van der Waals surface area contributed by atoms with Crippen molar-refractivity contribution in [2.45, 2.75) is 6.54 Å². The zero-order chi connectivity index (χ0) is 15.6. The molecule has 5 nitrogen and oxygen atoms in total. The summed E-state index contributed by atoms with van der Waals surface area (Å²) in [5.74, 6) is 0.612. The minimum atomic E-state index is -0.227. The van der Waals surface area contributed by atoms with Gasteiger partial charge in [-0.15, -0.1) is 0 Å². The number of halogens is 2. The van der Waals surface area contributed by atoms with Gasteiger partial charge in [0.25, 0.3) is 5.91 Å². The van der Waals surface area contributed by atoms with Crippen LogP contribution in [0, 0.1) is 0 Å². The summed E-state index contributed by atoms with van der Waals surface area (Å²) in [6.07, 6.45) is 1.72. The van der Waals surface area contributed by atoms with Crippen LogP contribution in [-0.4, -0.2) is 29.6 Å². The minimum absolute atomic E-state index is 0.227. The van der Waals surface area contributed by atoms with Crippen LogP contribution >= 0.6 is 23.2 Å². The molecule has 1 amide bonds. The van der Waals surface area contributed by atoms with Crippen molar-refractivity contribution < 1.29 is 4.79 Å².